The van der Waals surface area contributed by atoms with Crippen molar-refractivity contribution < 1.29 is 13.2 Å². The Morgan fingerprint density at radius 1 is 1.04 bits per heavy atom. The molecule has 0 spiro atoms. The number of hydrogen-bond donors (Lipinski definition) is 1. The van der Waals surface area contributed by atoms with Gasteiger partial charge in [-0.25, -0.2) is 13.1 Å². The summed E-state index contributed by atoms with van der Waals surface area (Å²) in [5.74, 6) is -0.625. The van der Waals surface area contributed by atoms with Crippen LogP contribution in [0.2, 0.25) is 0 Å². The summed E-state index contributed by atoms with van der Waals surface area (Å²) in [6, 6.07) is 14.1. The number of anilines is 1. The minimum atomic E-state index is -3.82. The number of hydrogen-bond acceptors (Lipinski definition) is 5. The van der Waals surface area contributed by atoms with E-state index in [1.807, 2.05) is 16.9 Å². The topological polar surface area (TPSA) is 78.8 Å². The number of nitrogens with one attached hydrogen (secondary N) is 1. The van der Waals surface area contributed by atoms with Crippen molar-refractivity contribution in [2.75, 3.05) is 18.0 Å². The van der Waals surface area contributed by atoms with E-state index in [4.69, 9.17) is 0 Å². The van der Waals surface area contributed by atoms with Crippen molar-refractivity contribution in [1.29, 1.82) is 0 Å². The third kappa shape index (κ3) is 5.16. The van der Waals surface area contributed by atoms with Gasteiger partial charge in [-0.3, -0.25) is 9.79 Å². The predicted octanol–water partition coefficient (Wildman–Crippen LogP) is 3.11. The normalized spacial score (nSPS) is 11.5. The number of sulfonamides is 1. The predicted molar refractivity (Wildman–Crippen MR) is 105 cm³/mol. The first-order chi connectivity index (χ1) is 12.4. The molecular formula is C19H23N3O3S. The fourth-order valence-electron chi connectivity index (χ4n) is 2.47. The molecule has 0 fully saturated rings. The van der Waals surface area contributed by atoms with Crippen LogP contribution in [0.4, 0.5) is 11.4 Å². The Bertz CT molecular complexity index is 869. The van der Waals surface area contributed by atoms with E-state index in [2.05, 4.69) is 35.9 Å². The van der Waals surface area contributed by atoms with E-state index < -0.39 is 15.9 Å². The zero-order valence-corrected chi connectivity index (χ0v) is 16.0. The van der Waals surface area contributed by atoms with E-state index in [0.29, 0.717) is 5.69 Å². The van der Waals surface area contributed by atoms with Crippen LogP contribution in [-0.4, -0.2) is 33.6 Å². The Labute approximate surface area is 154 Å². The summed E-state index contributed by atoms with van der Waals surface area (Å²) >= 11 is 0. The lowest BCUT2D eigenvalue weighted by molar-refractivity contribution is -0.117. The van der Waals surface area contributed by atoms with Crippen molar-refractivity contribution in [3.63, 3.8) is 0 Å². The summed E-state index contributed by atoms with van der Waals surface area (Å²) in [6.45, 7) is 7.31. The molecule has 0 saturated heterocycles. The molecule has 0 radical (unpaired) electrons. The van der Waals surface area contributed by atoms with E-state index in [0.717, 1.165) is 25.6 Å². The van der Waals surface area contributed by atoms with Crippen LogP contribution in [0.25, 0.3) is 0 Å². The second-order valence-electron chi connectivity index (χ2n) is 5.68. The number of carbonyl (C=O) groups excluding carboxylic acids is 1. The van der Waals surface area contributed by atoms with Crippen LogP contribution in [0.1, 0.15) is 26.3 Å². The largest absolute Gasteiger partial charge is 0.372 e. The molecule has 6 nitrogen and oxygen atoms in total. The highest BCUT2D eigenvalue weighted by molar-refractivity contribution is 7.90. The average molecular weight is 373 g/mol. The first-order valence-electron chi connectivity index (χ1n) is 8.38. The zero-order valence-electron chi connectivity index (χ0n) is 15.1. The Balaban J connectivity index is 2.10. The number of aliphatic imine (C=N–C) groups is 1. The van der Waals surface area contributed by atoms with Crippen molar-refractivity contribution in [2.45, 2.75) is 25.7 Å². The molecule has 2 aromatic rings. The zero-order chi connectivity index (χ0) is 19.2. The van der Waals surface area contributed by atoms with Crippen LogP contribution >= 0.6 is 0 Å². The van der Waals surface area contributed by atoms with Gasteiger partial charge in [0.25, 0.3) is 10.0 Å². The first kappa shape index (κ1) is 19.7. The van der Waals surface area contributed by atoms with Crippen molar-refractivity contribution in [2.24, 2.45) is 4.99 Å². The molecule has 138 valence electrons. The van der Waals surface area contributed by atoms with E-state index >= 15 is 0 Å². The van der Waals surface area contributed by atoms with Crippen LogP contribution in [0.3, 0.4) is 0 Å². The molecule has 1 amide bonds. The van der Waals surface area contributed by atoms with Gasteiger partial charge in [0.15, 0.2) is 0 Å². The Morgan fingerprint density at radius 3 is 2.12 bits per heavy atom. The fourth-order valence-corrected chi connectivity index (χ4v) is 3.46. The van der Waals surface area contributed by atoms with E-state index in [1.54, 1.807) is 18.3 Å². The maximum Gasteiger partial charge on any atom is 0.264 e. The van der Waals surface area contributed by atoms with Gasteiger partial charge < -0.3 is 4.90 Å². The highest BCUT2D eigenvalue weighted by Gasteiger charge is 2.14. The third-order valence-corrected chi connectivity index (χ3v) is 5.26. The van der Waals surface area contributed by atoms with E-state index in [9.17, 15) is 13.2 Å². The van der Waals surface area contributed by atoms with Gasteiger partial charge >= 0.3 is 0 Å². The van der Waals surface area contributed by atoms with Crippen molar-refractivity contribution in [1.82, 2.24) is 4.72 Å². The molecule has 1 N–H and O–H groups in total. The quantitative estimate of drug-likeness (QED) is 0.757. The van der Waals surface area contributed by atoms with Gasteiger partial charge in [0.1, 0.15) is 0 Å². The summed E-state index contributed by atoms with van der Waals surface area (Å²) in [7, 11) is -3.82. The number of benzene rings is 2. The number of nitrogens with zero attached hydrogens (tertiary/aromatic N) is 2. The van der Waals surface area contributed by atoms with E-state index in [-0.39, 0.29) is 4.90 Å². The van der Waals surface area contributed by atoms with Crippen LogP contribution in [0.5, 0.6) is 0 Å². The summed E-state index contributed by atoms with van der Waals surface area (Å²) in [5, 5.41) is 0. The summed E-state index contributed by atoms with van der Waals surface area (Å²) in [6.07, 6.45) is 1.73. The van der Waals surface area contributed by atoms with Gasteiger partial charge in [-0.2, -0.15) is 0 Å². The number of rotatable bonds is 7. The average Bonchev–Trinajstić information content (AvgIpc) is 2.61. The summed E-state index contributed by atoms with van der Waals surface area (Å²) < 4.78 is 25.7. The molecule has 0 aliphatic heterocycles. The molecule has 0 aromatic heterocycles. The van der Waals surface area contributed by atoms with Crippen LogP contribution in [0, 0.1) is 0 Å². The molecule has 0 aliphatic rings. The Morgan fingerprint density at radius 2 is 1.62 bits per heavy atom. The molecule has 0 saturated carbocycles. The molecule has 0 heterocycles. The van der Waals surface area contributed by atoms with Crippen LogP contribution in [0.15, 0.2) is 58.4 Å². The second kappa shape index (κ2) is 8.62. The van der Waals surface area contributed by atoms with Gasteiger partial charge in [-0.05, 0) is 55.8 Å². The molecule has 0 atom stereocenters. The molecule has 0 aliphatic carbocycles. The molecule has 2 aromatic carbocycles. The van der Waals surface area contributed by atoms with Crippen molar-refractivity contribution >= 4 is 33.5 Å². The first-order valence-corrected chi connectivity index (χ1v) is 9.86. The minimum absolute atomic E-state index is 0.0234. The lowest BCUT2D eigenvalue weighted by Gasteiger charge is -2.20. The minimum Gasteiger partial charge on any atom is -0.372 e. The van der Waals surface area contributed by atoms with Gasteiger partial charge in [0.2, 0.25) is 5.91 Å². The van der Waals surface area contributed by atoms with Gasteiger partial charge in [-0.1, -0.05) is 12.1 Å². The molecule has 7 heteroatoms. The Hall–Kier alpha value is -2.67. The smallest absolute Gasteiger partial charge is 0.264 e. The molecule has 2 rings (SSSR count). The monoisotopic (exact) mass is 373 g/mol. The number of amides is 1. The highest BCUT2D eigenvalue weighted by atomic mass is 32.2. The van der Waals surface area contributed by atoms with Crippen molar-refractivity contribution in [3.8, 4) is 0 Å². The van der Waals surface area contributed by atoms with Crippen molar-refractivity contribution in [3.05, 3.63) is 54.1 Å². The maximum absolute atomic E-state index is 11.9. The third-order valence-electron chi connectivity index (χ3n) is 3.81. The lowest BCUT2D eigenvalue weighted by atomic mass is 10.2. The SMILES string of the molecule is CCN(CC)c1ccc(C=Nc2ccc(S(=O)(=O)NC(C)=O)cc2)cc1. The molecular weight excluding hydrogens is 350 g/mol. The lowest BCUT2D eigenvalue weighted by Crippen LogP contribution is -2.28. The van der Waals surface area contributed by atoms with Gasteiger partial charge in [0, 0.05) is 31.9 Å². The van der Waals surface area contributed by atoms with E-state index in [1.165, 1.54) is 17.8 Å². The van der Waals surface area contributed by atoms with Gasteiger partial charge in [0.05, 0.1) is 10.6 Å². The number of carbonyl (C=O) groups is 1. The molecule has 0 unspecified atom stereocenters. The van der Waals surface area contributed by atoms with Gasteiger partial charge in [-0.15, -0.1) is 0 Å². The fraction of sp³-hybridized carbons (Fsp3) is 0.263. The summed E-state index contributed by atoms with van der Waals surface area (Å²) in [5.41, 5.74) is 2.75. The highest BCUT2D eigenvalue weighted by Crippen LogP contribution is 2.18. The maximum atomic E-state index is 11.9. The molecule has 0 bridgehead atoms. The Kier molecular flexibility index (Phi) is 6.52. The second-order valence-corrected chi connectivity index (χ2v) is 7.36. The summed E-state index contributed by atoms with van der Waals surface area (Å²) in [4.78, 5) is 17.6. The molecule has 26 heavy (non-hydrogen) atoms. The standard InChI is InChI=1S/C19H23N3O3S/c1-4-22(5-2)18-10-6-16(7-11-18)14-20-17-8-12-19(13-9-17)26(24,25)21-15(3)23/h6-14H,4-5H2,1-3H3,(H,21,23). The van der Waals surface area contributed by atoms with Crippen LogP contribution < -0.4 is 9.62 Å². The van der Waals surface area contributed by atoms with Crippen LogP contribution in [-0.2, 0) is 14.8 Å².